The number of rotatable bonds is 4. The minimum Gasteiger partial charge on any atom is -0.386 e. The van der Waals surface area contributed by atoms with Gasteiger partial charge in [0.05, 0.1) is 11.1 Å². The van der Waals surface area contributed by atoms with E-state index in [1.54, 1.807) is 24.3 Å². The zero-order valence-electron chi connectivity index (χ0n) is 19.9. The van der Waals surface area contributed by atoms with E-state index < -0.39 is 11.9 Å². The molecule has 0 saturated heterocycles. The summed E-state index contributed by atoms with van der Waals surface area (Å²) in [5.41, 5.74) is 6.40. The average Bonchev–Trinajstić information content (AvgIpc) is 3.53. The lowest BCUT2D eigenvalue weighted by molar-refractivity contribution is 0.0398. The molecule has 0 aliphatic heterocycles. The smallest absolute Gasteiger partial charge is 0.346 e. The first-order valence-electron chi connectivity index (χ1n) is 12.9. The minimum absolute atomic E-state index is 0.359. The Labute approximate surface area is 204 Å². The highest BCUT2D eigenvalue weighted by molar-refractivity contribution is 6.06. The van der Waals surface area contributed by atoms with Crippen molar-refractivity contribution in [1.29, 1.82) is 0 Å². The van der Waals surface area contributed by atoms with Crippen molar-refractivity contribution in [1.82, 2.24) is 9.97 Å². The van der Waals surface area contributed by atoms with Gasteiger partial charge in [0.15, 0.2) is 0 Å². The highest BCUT2D eigenvalue weighted by Crippen LogP contribution is 2.37. The van der Waals surface area contributed by atoms with Crippen molar-refractivity contribution in [2.45, 2.75) is 63.7 Å². The fourth-order valence-electron chi connectivity index (χ4n) is 5.83. The third kappa shape index (κ3) is 4.20. The van der Waals surface area contributed by atoms with E-state index in [9.17, 15) is 9.59 Å². The van der Waals surface area contributed by atoms with E-state index in [1.807, 2.05) is 18.3 Å². The number of aromatic amines is 2. The second-order valence-corrected chi connectivity index (χ2v) is 9.95. The molecular weight excluding hydrogens is 436 g/mol. The van der Waals surface area contributed by atoms with Gasteiger partial charge >= 0.3 is 11.9 Å². The van der Waals surface area contributed by atoms with Crippen LogP contribution in [0.25, 0.3) is 27.4 Å². The Bertz CT molecular complexity index is 1450. The molecule has 2 aromatic heterocycles. The molecule has 6 rings (SSSR count). The summed E-state index contributed by atoms with van der Waals surface area (Å²) in [5.74, 6) is -0.695. The fourth-order valence-corrected chi connectivity index (χ4v) is 5.83. The van der Waals surface area contributed by atoms with Gasteiger partial charge in [0, 0.05) is 39.8 Å². The third-order valence-electron chi connectivity index (χ3n) is 7.73. The molecule has 2 aliphatic carbocycles. The molecule has 0 amide bonds. The predicted octanol–water partition coefficient (Wildman–Crippen LogP) is 7.65. The monoisotopic (exact) mass is 466 g/mol. The van der Waals surface area contributed by atoms with Gasteiger partial charge < -0.3 is 14.7 Å². The van der Waals surface area contributed by atoms with Gasteiger partial charge in [-0.3, -0.25) is 0 Å². The van der Waals surface area contributed by atoms with E-state index >= 15 is 0 Å². The molecule has 2 aliphatic rings. The number of hydrogen-bond acceptors (Lipinski definition) is 3. The van der Waals surface area contributed by atoms with Crippen molar-refractivity contribution in [2.75, 3.05) is 0 Å². The summed E-state index contributed by atoms with van der Waals surface area (Å²) in [5, 5.41) is 2.24. The molecule has 178 valence electrons. The molecule has 2 N–H and O–H groups in total. The van der Waals surface area contributed by atoms with Crippen LogP contribution >= 0.6 is 0 Å². The van der Waals surface area contributed by atoms with E-state index in [1.165, 1.54) is 61.6 Å². The van der Waals surface area contributed by atoms with Crippen molar-refractivity contribution >= 4 is 39.3 Å². The van der Waals surface area contributed by atoms with Gasteiger partial charge in [0.1, 0.15) is 0 Å². The van der Waals surface area contributed by atoms with Gasteiger partial charge in [0.25, 0.3) is 0 Å². The fraction of sp³-hybridized carbons (Fsp3) is 0.333. The van der Waals surface area contributed by atoms with Crippen molar-refractivity contribution in [2.24, 2.45) is 0 Å². The van der Waals surface area contributed by atoms with Crippen molar-refractivity contribution in [3.63, 3.8) is 0 Å². The lowest BCUT2D eigenvalue weighted by atomic mass is 9.84. The number of nitrogens with one attached hydrogen (secondary N) is 2. The molecule has 0 spiro atoms. The molecule has 1 saturated carbocycles. The summed E-state index contributed by atoms with van der Waals surface area (Å²) in [6.45, 7) is 0. The number of allylic oxidation sites excluding steroid dienone is 2. The molecule has 0 unspecified atom stereocenters. The van der Waals surface area contributed by atoms with E-state index in [2.05, 4.69) is 22.2 Å². The van der Waals surface area contributed by atoms with Crippen LogP contribution in [0.4, 0.5) is 0 Å². The number of H-pyrrole nitrogens is 2. The quantitative estimate of drug-likeness (QED) is 0.240. The largest absolute Gasteiger partial charge is 0.386 e. The molecule has 2 aromatic carbocycles. The maximum atomic E-state index is 12.8. The average molecular weight is 467 g/mol. The maximum absolute atomic E-state index is 12.8. The number of aromatic nitrogens is 2. The van der Waals surface area contributed by atoms with E-state index in [-0.39, 0.29) is 0 Å². The first-order valence-corrected chi connectivity index (χ1v) is 12.9. The van der Waals surface area contributed by atoms with Gasteiger partial charge in [-0.05, 0) is 79.8 Å². The highest BCUT2D eigenvalue weighted by Gasteiger charge is 2.21. The Morgan fingerprint density at radius 2 is 1.46 bits per heavy atom. The lowest BCUT2D eigenvalue weighted by Gasteiger charge is -2.21. The topological polar surface area (TPSA) is 75.0 Å². The van der Waals surface area contributed by atoms with Crippen LogP contribution in [-0.2, 0) is 4.74 Å². The van der Waals surface area contributed by atoms with Crippen molar-refractivity contribution in [3.8, 4) is 0 Å². The van der Waals surface area contributed by atoms with E-state index in [0.29, 0.717) is 17.0 Å². The van der Waals surface area contributed by atoms with Crippen LogP contribution < -0.4 is 0 Å². The lowest BCUT2D eigenvalue weighted by Crippen LogP contribution is -2.12. The first kappa shape index (κ1) is 21.9. The molecule has 5 heteroatoms. The van der Waals surface area contributed by atoms with Crippen LogP contribution in [0.5, 0.6) is 0 Å². The molecule has 5 nitrogen and oxygen atoms in total. The Kier molecular flexibility index (Phi) is 5.77. The summed E-state index contributed by atoms with van der Waals surface area (Å²) < 4.78 is 5.25. The molecule has 35 heavy (non-hydrogen) atoms. The van der Waals surface area contributed by atoms with Crippen LogP contribution in [0.15, 0.2) is 54.9 Å². The maximum Gasteiger partial charge on any atom is 0.346 e. The Morgan fingerprint density at radius 1 is 0.771 bits per heavy atom. The summed E-state index contributed by atoms with van der Waals surface area (Å²) in [6.07, 6.45) is 17.3. The molecule has 2 heterocycles. The number of ether oxygens (including phenoxy) is 1. The standard InChI is InChI=1S/C30H30N2O3/c33-29(21-11-13-23-25(17-31-27(23)15-21)19-7-3-1-4-8-19)35-30(34)22-12-14-24-26(18-32-28(24)16-22)20-9-5-2-6-10-20/h7,11-18,20,31-32H,1-6,8-10H2. The molecule has 1 fully saturated rings. The summed E-state index contributed by atoms with van der Waals surface area (Å²) in [6, 6.07) is 11.0. The Balaban J connectivity index is 1.19. The summed E-state index contributed by atoms with van der Waals surface area (Å²) in [4.78, 5) is 32.2. The van der Waals surface area contributed by atoms with Crippen molar-refractivity contribution < 1.29 is 14.3 Å². The van der Waals surface area contributed by atoms with Crippen LogP contribution in [-0.4, -0.2) is 21.9 Å². The van der Waals surface area contributed by atoms with Crippen LogP contribution in [0, 0.1) is 0 Å². The summed E-state index contributed by atoms with van der Waals surface area (Å²) in [7, 11) is 0. The summed E-state index contributed by atoms with van der Waals surface area (Å²) >= 11 is 0. The normalized spacial score (nSPS) is 17.0. The molecule has 0 radical (unpaired) electrons. The number of hydrogen-bond donors (Lipinski definition) is 2. The zero-order chi connectivity index (χ0) is 23.8. The van der Waals surface area contributed by atoms with Gasteiger partial charge in [-0.2, -0.15) is 0 Å². The van der Waals surface area contributed by atoms with Crippen molar-refractivity contribution in [3.05, 3.63) is 77.1 Å². The van der Waals surface area contributed by atoms with Crippen LogP contribution in [0.1, 0.15) is 95.5 Å². The van der Waals surface area contributed by atoms with Crippen LogP contribution in [0.3, 0.4) is 0 Å². The molecule has 4 aromatic rings. The first-order chi connectivity index (χ1) is 17.2. The number of carbonyl (C=O) groups is 2. The van der Waals surface area contributed by atoms with Gasteiger partial charge in [-0.15, -0.1) is 0 Å². The molecule has 0 atom stereocenters. The van der Waals surface area contributed by atoms with Gasteiger partial charge in [-0.1, -0.05) is 37.5 Å². The Hall–Kier alpha value is -3.60. The number of fused-ring (bicyclic) bond motifs is 2. The molecule has 0 bridgehead atoms. The number of benzene rings is 2. The SMILES string of the molecule is O=C(OC(=O)c1ccc2c(C3CCCCC3)c[nH]c2c1)c1ccc2c(C3=CCCCC3)c[nH]c2c1. The number of esters is 2. The highest BCUT2D eigenvalue weighted by atomic mass is 16.6. The zero-order valence-corrected chi connectivity index (χ0v) is 19.9. The van der Waals surface area contributed by atoms with E-state index in [4.69, 9.17) is 4.74 Å². The second kappa shape index (κ2) is 9.21. The van der Waals surface area contributed by atoms with E-state index in [0.717, 1.165) is 34.6 Å². The second-order valence-electron chi connectivity index (χ2n) is 9.95. The van der Waals surface area contributed by atoms with Crippen LogP contribution in [0.2, 0.25) is 0 Å². The minimum atomic E-state index is -0.639. The third-order valence-corrected chi connectivity index (χ3v) is 7.73. The number of carbonyl (C=O) groups excluding carboxylic acids is 2. The predicted molar refractivity (Wildman–Crippen MR) is 139 cm³/mol. The Morgan fingerprint density at radius 3 is 2.17 bits per heavy atom. The van der Waals surface area contributed by atoms with Gasteiger partial charge in [0.2, 0.25) is 0 Å². The molecular formula is C30H30N2O3. The van der Waals surface area contributed by atoms with Gasteiger partial charge in [-0.25, -0.2) is 9.59 Å².